The Morgan fingerprint density at radius 2 is 1.91 bits per heavy atom. The van der Waals surface area contributed by atoms with Gasteiger partial charge in [0, 0.05) is 18.1 Å². The van der Waals surface area contributed by atoms with Crippen LogP contribution in [0.1, 0.15) is 0 Å². The molecule has 5 nitrogen and oxygen atoms in total. The molecule has 0 saturated heterocycles. The second-order valence-electron chi connectivity index (χ2n) is 4.19. The van der Waals surface area contributed by atoms with Gasteiger partial charge in [-0.25, -0.2) is 4.98 Å². The quantitative estimate of drug-likeness (QED) is 0.647. The van der Waals surface area contributed by atoms with E-state index < -0.39 is 10.1 Å². The molecule has 0 aliphatic carbocycles. The lowest BCUT2D eigenvalue weighted by Crippen LogP contribution is -2.09. The van der Waals surface area contributed by atoms with Crippen LogP contribution in [0.4, 0.5) is 0 Å². The van der Waals surface area contributed by atoms with Gasteiger partial charge in [0.15, 0.2) is 0 Å². The molecule has 0 amide bonds. The van der Waals surface area contributed by atoms with Crippen molar-refractivity contribution in [2.75, 3.05) is 0 Å². The molecule has 0 radical (unpaired) electrons. The first-order chi connectivity index (χ1) is 10.5. The SMILES string of the molecule is O=S(=O)(Oc1ccc(-n2ccnc2)cc1)c1cc(Cl)sc1Cl. The Balaban J connectivity index is 1.85. The van der Waals surface area contributed by atoms with Crippen molar-refractivity contribution in [3.63, 3.8) is 0 Å². The number of aromatic nitrogens is 2. The van der Waals surface area contributed by atoms with Crippen molar-refractivity contribution in [1.29, 1.82) is 0 Å². The van der Waals surface area contributed by atoms with Crippen LogP contribution in [0.2, 0.25) is 8.67 Å². The van der Waals surface area contributed by atoms with Crippen molar-refractivity contribution in [3.05, 3.63) is 57.7 Å². The van der Waals surface area contributed by atoms with Gasteiger partial charge in [-0.05, 0) is 30.3 Å². The molecule has 0 N–H and O–H groups in total. The second kappa shape index (κ2) is 5.92. The normalized spacial score (nSPS) is 11.5. The van der Waals surface area contributed by atoms with Crippen LogP contribution in [-0.2, 0) is 10.1 Å². The number of hydrogen-bond donors (Lipinski definition) is 0. The number of imidazole rings is 1. The Morgan fingerprint density at radius 3 is 2.45 bits per heavy atom. The molecule has 9 heteroatoms. The molecule has 22 heavy (non-hydrogen) atoms. The minimum Gasteiger partial charge on any atom is -0.379 e. The largest absolute Gasteiger partial charge is 0.379 e. The highest BCUT2D eigenvalue weighted by Gasteiger charge is 2.23. The molecule has 3 aromatic rings. The summed E-state index contributed by atoms with van der Waals surface area (Å²) in [5.41, 5.74) is 0.832. The van der Waals surface area contributed by atoms with Crippen molar-refractivity contribution in [1.82, 2.24) is 9.55 Å². The molecule has 2 aromatic heterocycles. The smallest absolute Gasteiger partial charge is 0.341 e. The molecule has 0 unspecified atom stereocenters. The third kappa shape index (κ3) is 3.12. The summed E-state index contributed by atoms with van der Waals surface area (Å²) in [6.07, 6.45) is 5.07. The maximum Gasteiger partial charge on any atom is 0.341 e. The maximum atomic E-state index is 12.2. The van der Waals surface area contributed by atoms with E-state index in [1.165, 1.54) is 6.07 Å². The molecular formula is C13H8Cl2N2O3S2. The van der Waals surface area contributed by atoms with Crippen molar-refractivity contribution in [2.24, 2.45) is 0 Å². The summed E-state index contributed by atoms with van der Waals surface area (Å²) < 4.78 is 31.6. The lowest BCUT2D eigenvalue weighted by Gasteiger charge is -2.07. The first-order valence-electron chi connectivity index (χ1n) is 5.93. The van der Waals surface area contributed by atoms with E-state index in [4.69, 9.17) is 27.4 Å². The van der Waals surface area contributed by atoms with Crippen LogP contribution < -0.4 is 4.18 Å². The molecular weight excluding hydrogens is 367 g/mol. The lowest BCUT2D eigenvalue weighted by molar-refractivity contribution is 0.486. The molecule has 0 saturated carbocycles. The Bertz CT molecular complexity index is 888. The summed E-state index contributed by atoms with van der Waals surface area (Å²) in [6.45, 7) is 0. The van der Waals surface area contributed by atoms with Gasteiger partial charge in [-0.3, -0.25) is 0 Å². The van der Waals surface area contributed by atoms with Gasteiger partial charge in [-0.2, -0.15) is 8.42 Å². The standard InChI is InChI=1S/C13H8Cl2N2O3S2/c14-12-7-11(13(15)21-12)22(18,19)20-10-3-1-9(2-4-10)17-6-5-16-8-17/h1-8H. The van der Waals surface area contributed by atoms with E-state index in [-0.39, 0.29) is 19.3 Å². The van der Waals surface area contributed by atoms with E-state index in [9.17, 15) is 8.42 Å². The molecule has 3 rings (SSSR count). The molecule has 0 aliphatic heterocycles. The summed E-state index contributed by atoms with van der Waals surface area (Å²) in [5, 5.41) is 0. The zero-order chi connectivity index (χ0) is 15.7. The average molecular weight is 375 g/mol. The number of rotatable bonds is 4. The van der Waals surface area contributed by atoms with Crippen molar-refractivity contribution >= 4 is 44.7 Å². The van der Waals surface area contributed by atoms with Crippen LogP contribution in [0.25, 0.3) is 5.69 Å². The molecule has 0 aliphatic rings. The Hall–Kier alpha value is -1.54. The van der Waals surface area contributed by atoms with Crippen LogP contribution in [0.15, 0.2) is 53.9 Å². The van der Waals surface area contributed by atoms with E-state index in [0.29, 0.717) is 0 Å². The van der Waals surface area contributed by atoms with Crippen molar-refractivity contribution in [2.45, 2.75) is 4.90 Å². The predicted octanol–water partition coefficient (Wildman–Crippen LogP) is 4.01. The summed E-state index contributed by atoms with van der Waals surface area (Å²) >= 11 is 12.6. The molecule has 0 fully saturated rings. The Labute approximate surface area is 140 Å². The summed E-state index contributed by atoms with van der Waals surface area (Å²) in [5.74, 6) is 0.183. The molecule has 0 spiro atoms. The molecule has 0 atom stereocenters. The molecule has 1 aromatic carbocycles. The number of nitrogens with zero attached hydrogens (tertiary/aromatic N) is 2. The van der Waals surface area contributed by atoms with Crippen LogP contribution in [0.5, 0.6) is 5.75 Å². The van der Waals surface area contributed by atoms with Gasteiger partial charge in [0.1, 0.15) is 15.0 Å². The van der Waals surface area contributed by atoms with E-state index in [2.05, 4.69) is 4.98 Å². The van der Waals surface area contributed by atoms with E-state index in [0.717, 1.165) is 17.0 Å². The first kappa shape index (κ1) is 15.4. The van der Waals surface area contributed by atoms with Crippen LogP contribution in [-0.4, -0.2) is 18.0 Å². The number of hydrogen-bond acceptors (Lipinski definition) is 5. The van der Waals surface area contributed by atoms with Gasteiger partial charge in [0.2, 0.25) is 0 Å². The minimum atomic E-state index is -4.01. The summed E-state index contributed by atoms with van der Waals surface area (Å²) in [4.78, 5) is 3.81. The molecule has 2 heterocycles. The second-order valence-corrected chi connectivity index (χ2v) is 7.99. The first-order valence-corrected chi connectivity index (χ1v) is 8.91. The zero-order valence-electron chi connectivity index (χ0n) is 10.8. The monoisotopic (exact) mass is 374 g/mol. The zero-order valence-corrected chi connectivity index (χ0v) is 14.0. The predicted molar refractivity (Wildman–Crippen MR) is 85.7 cm³/mol. The fourth-order valence-corrected chi connectivity index (χ4v) is 4.79. The number of halogens is 2. The van der Waals surface area contributed by atoms with Crippen LogP contribution in [0, 0.1) is 0 Å². The van der Waals surface area contributed by atoms with Gasteiger partial charge in [-0.15, -0.1) is 11.3 Å². The van der Waals surface area contributed by atoms with Crippen molar-refractivity contribution < 1.29 is 12.6 Å². The van der Waals surface area contributed by atoms with Gasteiger partial charge in [0.05, 0.1) is 10.7 Å². The lowest BCUT2D eigenvalue weighted by atomic mass is 10.3. The summed E-state index contributed by atoms with van der Waals surface area (Å²) in [7, 11) is -4.01. The number of benzene rings is 1. The van der Waals surface area contributed by atoms with Crippen molar-refractivity contribution in [3.8, 4) is 11.4 Å². The minimum absolute atomic E-state index is 0.0695. The van der Waals surface area contributed by atoms with Crippen LogP contribution in [0.3, 0.4) is 0 Å². The highest BCUT2D eigenvalue weighted by atomic mass is 35.5. The maximum absolute atomic E-state index is 12.2. The molecule has 114 valence electrons. The molecule has 0 bridgehead atoms. The van der Waals surface area contributed by atoms with E-state index in [1.807, 2.05) is 0 Å². The Morgan fingerprint density at radius 1 is 1.18 bits per heavy atom. The average Bonchev–Trinajstić information content (AvgIpc) is 3.09. The van der Waals surface area contributed by atoms with Crippen LogP contribution >= 0.6 is 34.5 Å². The third-order valence-corrected chi connectivity index (χ3v) is 5.74. The fraction of sp³-hybridized carbons (Fsp3) is 0. The van der Waals surface area contributed by atoms with Gasteiger partial charge >= 0.3 is 10.1 Å². The highest BCUT2D eigenvalue weighted by molar-refractivity contribution is 7.87. The summed E-state index contributed by atoms with van der Waals surface area (Å²) in [6, 6.07) is 7.80. The van der Waals surface area contributed by atoms with Gasteiger partial charge in [0.25, 0.3) is 0 Å². The number of thiophene rings is 1. The van der Waals surface area contributed by atoms with E-state index >= 15 is 0 Å². The van der Waals surface area contributed by atoms with Gasteiger partial charge < -0.3 is 8.75 Å². The van der Waals surface area contributed by atoms with Gasteiger partial charge in [-0.1, -0.05) is 23.2 Å². The Kier molecular flexibility index (Phi) is 4.14. The van der Waals surface area contributed by atoms with E-state index in [1.54, 1.807) is 47.6 Å². The third-order valence-electron chi connectivity index (χ3n) is 2.74. The highest BCUT2D eigenvalue weighted by Crippen LogP contribution is 2.35. The topological polar surface area (TPSA) is 61.2 Å². The fourth-order valence-electron chi connectivity index (χ4n) is 1.75.